The van der Waals surface area contributed by atoms with E-state index in [0.717, 1.165) is 16.3 Å². The van der Waals surface area contributed by atoms with E-state index in [1.165, 1.54) is 17.0 Å². The molecule has 0 fully saturated rings. The first-order chi connectivity index (χ1) is 18.2. The number of carbonyl (C=O) groups excluding carboxylic acids is 2. The van der Waals surface area contributed by atoms with Crippen molar-refractivity contribution in [2.75, 3.05) is 18.0 Å². The fraction of sp³-hybridized carbons (Fsp3) is 0.310. The number of nitrogens with zero attached hydrogens (tertiary/aromatic N) is 2. The lowest BCUT2D eigenvalue weighted by atomic mass is 10.1. The van der Waals surface area contributed by atoms with E-state index in [4.69, 9.17) is 4.74 Å². The van der Waals surface area contributed by atoms with Gasteiger partial charge in [-0.3, -0.25) is 13.9 Å². The molecule has 9 heteroatoms. The van der Waals surface area contributed by atoms with Crippen molar-refractivity contribution in [3.8, 4) is 5.75 Å². The van der Waals surface area contributed by atoms with Gasteiger partial charge < -0.3 is 15.0 Å². The van der Waals surface area contributed by atoms with E-state index in [2.05, 4.69) is 5.32 Å². The molecule has 3 aromatic rings. The molecular weight excluding hydrogens is 502 g/mol. The van der Waals surface area contributed by atoms with Gasteiger partial charge in [-0.15, -0.1) is 0 Å². The SMILES string of the molecule is CCC(C)NC(=O)C(C)N(Cc1ccc(OC)cc1)C(=O)CN(c1ccccc1)S(=O)(=O)c1ccccc1. The summed E-state index contributed by atoms with van der Waals surface area (Å²) in [7, 11) is -2.50. The first kappa shape index (κ1) is 28.7. The number of amides is 2. The molecule has 2 amide bonds. The van der Waals surface area contributed by atoms with Crippen LogP contribution in [0.25, 0.3) is 0 Å². The van der Waals surface area contributed by atoms with Crippen LogP contribution in [0, 0.1) is 0 Å². The van der Waals surface area contributed by atoms with Gasteiger partial charge in [0.15, 0.2) is 0 Å². The molecule has 38 heavy (non-hydrogen) atoms. The van der Waals surface area contributed by atoms with Crippen molar-refractivity contribution in [1.29, 1.82) is 0 Å². The topological polar surface area (TPSA) is 96.0 Å². The molecule has 0 aromatic heterocycles. The van der Waals surface area contributed by atoms with Gasteiger partial charge in [0.1, 0.15) is 18.3 Å². The van der Waals surface area contributed by atoms with Crippen LogP contribution in [0.5, 0.6) is 5.75 Å². The molecule has 0 bridgehead atoms. The number of ether oxygens (including phenoxy) is 1. The average Bonchev–Trinajstić information content (AvgIpc) is 2.95. The number of hydrogen-bond acceptors (Lipinski definition) is 5. The Hall–Kier alpha value is -3.85. The van der Waals surface area contributed by atoms with Gasteiger partial charge in [-0.2, -0.15) is 0 Å². The standard InChI is InChI=1S/C29H35N3O5S/c1-5-22(2)30-29(34)23(3)31(20-24-16-18-26(37-4)19-17-24)28(33)21-32(25-12-8-6-9-13-25)38(35,36)27-14-10-7-11-15-27/h6-19,22-23H,5,20-21H2,1-4H3,(H,30,34). The van der Waals surface area contributed by atoms with Crippen molar-refractivity contribution in [3.63, 3.8) is 0 Å². The lowest BCUT2D eigenvalue weighted by molar-refractivity contribution is -0.139. The lowest BCUT2D eigenvalue weighted by Gasteiger charge is -2.32. The molecule has 0 aliphatic carbocycles. The summed E-state index contributed by atoms with van der Waals surface area (Å²) in [6.45, 7) is 5.15. The summed E-state index contributed by atoms with van der Waals surface area (Å²) in [5.74, 6) is -0.146. The van der Waals surface area contributed by atoms with Crippen LogP contribution in [0.4, 0.5) is 5.69 Å². The molecule has 0 spiro atoms. The quantitative estimate of drug-likeness (QED) is 0.373. The van der Waals surface area contributed by atoms with Gasteiger partial charge in [-0.05, 0) is 62.2 Å². The third-order valence-electron chi connectivity index (χ3n) is 6.33. The molecule has 1 N–H and O–H groups in total. The van der Waals surface area contributed by atoms with Gasteiger partial charge in [0.2, 0.25) is 11.8 Å². The van der Waals surface area contributed by atoms with Crippen molar-refractivity contribution in [3.05, 3.63) is 90.5 Å². The average molecular weight is 538 g/mol. The zero-order valence-corrected chi connectivity index (χ0v) is 23.0. The number of sulfonamides is 1. The zero-order chi connectivity index (χ0) is 27.7. The molecule has 0 aliphatic rings. The molecule has 3 rings (SSSR count). The molecule has 0 saturated heterocycles. The van der Waals surface area contributed by atoms with E-state index in [0.29, 0.717) is 11.4 Å². The third kappa shape index (κ3) is 7.13. The van der Waals surface area contributed by atoms with Gasteiger partial charge in [0.25, 0.3) is 10.0 Å². The van der Waals surface area contributed by atoms with Crippen molar-refractivity contribution < 1.29 is 22.7 Å². The number of carbonyl (C=O) groups is 2. The van der Waals surface area contributed by atoms with Crippen molar-refractivity contribution >= 4 is 27.5 Å². The molecule has 2 unspecified atom stereocenters. The molecule has 3 aromatic carbocycles. The smallest absolute Gasteiger partial charge is 0.264 e. The Bertz CT molecular complexity index is 1300. The van der Waals surface area contributed by atoms with Gasteiger partial charge >= 0.3 is 0 Å². The highest BCUT2D eigenvalue weighted by Gasteiger charge is 2.32. The second-order valence-corrected chi connectivity index (χ2v) is 10.9. The fourth-order valence-electron chi connectivity index (χ4n) is 3.82. The Morgan fingerprint density at radius 2 is 1.47 bits per heavy atom. The van der Waals surface area contributed by atoms with Crippen LogP contribution in [0.15, 0.2) is 89.8 Å². The minimum absolute atomic E-state index is 0.0674. The van der Waals surface area contributed by atoms with Gasteiger partial charge in [0.05, 0.1) is 17.7 Å². The maximum atomic E-state index is 13.8. The van der Waals surface area contributed by atoms with Gasteiger partial charge in [-0.25, -0.2) is 8.42 Å². The Kier molecular flexibility index (Phi) is 9.90. The Balaban J connectivity index is 1.98. The molecule has 0 heterocycles. The van der Waals surface area contributed by atoms with Crippen molar-refractivity contribution in [2.45, 2.75) is 50.7 Å². The van der Waals surface area contributed by atoms with E-state index in [1.807, 2.05) is 26.0 Å². The number of methoxy groups -OCH3 is 1. The predicted octanol–water partition coefficient (Wildman–Crippen LogP) is 4.22. The molecule has 0 saturated carbocycles. The molecule has 0 aliphatic heterocycles. The predicted molar refractivity (Wildman–Crippen MR) is 148 cm³/mol. The van der Waals surface area contributed by atoms with Crippen molar-refractivity contribution in [1.82, 2.24) is 10.2 Å². The van der Waals surface area contributed by atoms with Crippen LogP contribution in [-0.4, -0.2) is 50.9 Å². The zero-order valence-electron chi connectivity index (χ0n) is 22.2. The number of hydrogen-bond donors (Lipinski definition) is 1. The Labute approximate surface area is 225 Å². The largest absolute Gasteiger partial charge is 0.497 e. The summed E-state index contributed by atoms with van der Waals surface area (Å²) in [6, 6.07) is 22.7. The highest BCUT2D eigenvalue weighted by molar-refractivity contribution is 7.92. The first-order valence-corrected chi connectivity index (χ1v) is 14.0. The number of benzene rings is 3. The minimum Gasteiger partial charge on any atom is -0.497 e. The number of nitrogens with one attached hydrogen (secondary N) is 1. The minimum atomic E-state index is -4.06. The molecule has 0 radical (unpaired) electrons. The lowest BCUT2D eigenvalue weighted by Crippen LogP contribution is -2.52. The van der Waals surface area contributed by atoms with Crippen LogP contribution in [0.1, 0.15) is 32.8 Å². The van der Waals surface area contributed by atoms with E-state index in [-0.39, 0.29) is 23.4 Å². The summed E-state index contributed by atoms with van der Waals surface area (Å²) in [5.41, 5.74) is 1.13. The van der Waals surface area contributed by atoms with Crippen LogP contribution >= 0.6 is 0 Å². The van der Waals surface area contributed by atoms with Crippen molar-refractivity contribution in [2.24, 2.45) is 0 Å². The number of anilines is 1. The second-order valence-electron chi connectivity index (χ2n) is 9.02. The molecule has 202 valence electrons. The Morgan fingerprint density at radius 1 is 0.895 bits per heavy atom. The van der Waals surface area contributed by atoms with Crippen LogP contribution in [0.2, 0.25) is 0 Å². The normalized spacial score (nSPS) is 12.7. The van der Waals surface area contributed by atoms with Gasteiger partial charge in [-0.1, -0.05) is 55.5 Å². The monoisotopic (exact) mass is 537 g/mol. The summed E-state index contributed by atoms with van der Waals surface area (Å²) in [6.07, 6.45) is 0.738. The molecular formula is C29H35N3O5S. The third-order valence-corrected chi connectivity index (χ3v) is 8.12. The molecule has 8 nitrogen and oxygen atoms in total. The maximum Gasteiger partial charge on any atom is 0.264 e. The summed E-state index contributed by atoms with van der Waals surface area (Å²) < 4.78 is 33.7. The van der Waals surface area contributed by atoms with Gasteiger partial charge in [0, 0.05) is 12.6 Å². The fourth-order valence-corrected chi connectivity index (χ4v) is 5.25. The van der Waals surface area contributed by atoms with Crippen LogP contribution in [0.3, 0.4) is 0 Å². The van der Waals surface area contributed by atoms with Crippen LogP contribution in [-0.2, 0) is 26.2 Å². The number of para-hydroxylation sites is 1. The highest BCUT2D eigenvalue weighted by Crippen LogP contribution is 2.24. The summed E-state index contributed by atoms with van der Waals surface area (Å²) >= 11 is 0. The summed E-state index contributed by atoms with van der Waals surface area (Å²) in [4.78, 5) is 28.4. The summed E-state index contributed by atoms with van der Waals surface area (Å²) in [5, 5.41) is 2.93. The van der Waals surface area contributed by atoms with E-state index < -0.39 is 28.5 Å². The first-order valence-electron chi connectivity index (χ1n) is 12.5. The van der Waals surface area contributed by atoms with E-state index in [1.54, 1.807) is 74.7 Å². The maximum absolute atomic E-state index is 13.8. The second kappa shape index (κ2) is 13.1. The Morgan fingerprint density at radius 3 is 2.03 bits per heavy atom. The number of rotatable bonds is 12. The van der Waals surface area contributed by atoms with Crippen LogP contribution < -0.4 is 14.4 Å². The van der Waals surface area contributed by atoms with E-state index in [9.17, 15) is 18.0 Å². The highest BCUT2D eigenvalue weighted by atomic mass is 32.2. The van der Waals surface area contributed by atoms with E-state index >= 15 is 0 Å². The molecule has 2 atom stereocenters.